The molecule has 0 saturated heterocycles. The summed E-state index contributed by atoms with van der Waals surface area (Å²) in [5.41, 5.74) is 18.2. The minimum absolute atomic E-state index is 0.0541. The topological polar surface area (TPSA) is 16.4 Å². The number of nitrogens with zero attached hydrogens (tertiary/aromatic N) is 1. The Morgan fingerprint density at radius 3 is 1.90 bits per heavy atom. The van der Waals surface area contributed by atoms with Crippen LogP contribution in [0.25, 0.3) is 55.3 Å². The molecule has 0 saturated carbocycles. The summed E-state index contributed by atoms with van der Waals surface area (Å²) in [6, 6.07) is 55.7. The van der Waals surface area contributed by atoms with Gasteiger partial charge in [0.2, 0.25) is 0 Å². The van der Waals surface area contributed by atoms with Gasteiger partial charge in [-0.1, -0.05) is 131 Å². The zero-order chi connectivity index (χ0) is 33.8. The van der Waals surface area contributed by atoms with E-state index in [9.17, 15) is 0 Å². The third-order valence-electron chi connectivity index (χ3n) is 11.5. The number of furan rings is 1. The van der Waals surface area contributed by atoms with E-state index in [-0.39, 0.29) is 10.8 Å². The van der Waals surface area contributed by atoms with Crippen LogP contribution in [0, 0.1) is 0 Å². The van der Waals surface area contributed by atoms with Gasteiger partial charge in [-0.3, -0.25) is 0 Å². The lowest BCUT2D eigenvalue weighted by atomic mass is 9.82. The number of rotatable bonds is 4. The van der Waals surface area contributed by atoms with Gasteiger partial charge in [0, 0.05) is 38.5 Å². The van der Waals surface area contributed by atoms with E-state index in [0.29, 0.717) is 0 Å². The van der Waals surface area contributed by atoms with Gasteiger partial charge in [0.05, 0.1) is 5.69 Å². The average molecular weight is 644 g/mol. The first-order valence-electron chi connectivity index (χ1n) is 17.6. The van der Waals surface area contributed by atoms with Crippen molar-refractivity contribution >= 4 is 39.0 Å². The predicted octanol–water partition coefficient (Wildman–Crippen LogP) is 13.3. The first-order valence-corrected chi connectivity index (χ1v) is 17.6. The molecule has 2 aliphatic carbocycles. The number of hydrogen-bond acceptors (Lipinski definition) is 2. The van der Waals surface area contributed by atoms with Crippen LogP contribution in [0.5, 0.6) is 0 Å². The zero-order valence-corrected chi connectivity index (χ0v) is 28.8. The third kappa shape index (κ3) is 4.02. The van der Waals surface area contributed by atoms with E-state index in [0.717, 1.165) is 44.4 Å². The highest BCUT2D eigenvalue weighted by molar-refractivity contribution is 6.06. The highest BCUT2D eigenvalue weighted by Gasteiger charge is 2.39. The molecule has 2 heteroatoms. The Balaban J connectivity index is 1.20. The Kier molecular flexibility index (Phi) is 6.01. The fourth-order valence-corrected chi connectivity index (χ4v) is 8.93. The van der Waals surface area contributed by atoms with Crippen LogP contribution in [0.15, 0.2) is 156 Å². The van der Waals surface area contributed by atoms with Crippen LogP contribution >= 0.6 is 0 Å². The minimum Gasteiger partial charge on any atom is -0.456 e. The molecule has 0 spiro atoms. The van der Waals surface area contributed by atoms with Gasteiger partial charge in [-0.15, -0.1) is 0 Å². The second-order valence-corrected chi connectivity index (χ2v) is 15.0. The Morgan fingerprint density at radius 1 is 0.420 bits per heavy atom. The molecule has 0 N–H and O–H groups in total. The lowest BCUT2D eigenvalue weighted by Crippen LogP contribution is -2.16. The van der Waals surface area contributed by atoms with Gasteiger partial charge in [0.25, 0.3) is 0 Å². The summed E-state index contributed by atoms with van der Waals surface area (Å²) >= 11 is 0. The highest BCUT2D eigenvalue weighted by Crippen LogP contribution is 2.55. The molecule has 10 rings (SSSR count). The molecule has 50 heavy (non-hydrogen) atoms. The summed E-state index contributed by atoms with van der Waals surface area (Å²) in [5, 5.41) is 2.29. The Morgan fingerprint density at radius 2 is 1.04 bits per heavy atom. The normalized spacial score (nSPS) is 14.7. The maximum Gasteiger partial charge on any atom is 0.136 e. The predicted molar refractivity (Wildman–Crippen MR) is 209 cm³/mol. The summed E-state index contributed by atoms with van der Waals surface area (Å²) in [7, 11) is 0. The van der Waals surface area contributed by atoms with E-state index < -0.39 is 0 Å². The number of benzene rings is 7. The van der Waals surface area contributed by atoms with E-state index in [2.05, 4.69) is 172 Å². The third-order valence-corrected chi connectivity index (χ3v) is 11.5. The molecule has 1 heterocycles. The van der Waals surface area contributed by atoms with Crippen molar-refractivity contribution in [3.63, 3.8) is 0 Å². The average Bonchev–Trinajstić information content (AvgIpc) is 3.71. The molecule has 0 fully saturated rings. The maximum atomic E-state index is 6.31. The van der Waals surface area contributed by atoms with Crippen LogP contribution in [0.1, 0.15) is 49.9 Å². The second kappa shape index (κ2) is 10.3. The van der Waals surface area contributed by atoms with Crippen molar-refractivity contribution in [3.8, 4) is 33.4 Å². The SMILES string of the molecule is CC1(C)c2ccccc2-c2cc(N(c3cccc(-c4ccc5c(c4)oc4ccccc45)c3)c3cccc4c3-c3ccccc3C4(C)C)ccc21. The van der Waals surface area contributed by atoms with E-state index in [4.69, 9.17) is 4.42 Å². The lowest BCUT2D eigenvalue weighted by molar-refractivity contribution is 0.660. The standard InChI is InChI=1S/C48H37NO/c1-47(2)39-18-8-5-15-34(39)38-29-33(24-26-41(38)47)49(43-21-12-20-42-46(43)37-17-6-9-19-40(37)48(42,3)4)32-14-11-13-30(27-32)31-23-25-36-35-16-7-10-22-44(35)50-45(36)28-31/h5-29H,1-4H3. The van der Waals surface area contributed by atoms with Crippen molar-refractivity contribution in [3.05, 3.63) is 174 Å². The zero-order valence-electron chi connectivity index (χ0n) is 28.8. The molecule has 0 unspecified atom stereocenters. The molecule has 2 aliphatic rings. The molecule has 2 nitrogen and oxygen atoms in total. The van der Waals surface area contributed by atoms with Crippen molar-refractivity contribution in [2.45, 2.75) is 38.5 Å². The second-order valence-electron chi connectivity index (χ2n) is 15.0. The van der Waals surface area contributed by atoms with Crippen molar-refractivity contribution in [1.29, 1.82) is 0 Å². The smallest absolute Gasteiger partial charge is 0.136 e. The number of para-hydroxylation sites is 1. The first-order chi connectivity index (χ1) is 24.3. The molecule has 0 aliphatic heterocycles. The molecular formula is C48H37NO. The largest absolute Gasteiger partial charge is 0.456 e. The fraction of sp³-hybridized carbons (Fsp3) is 0.125. The summed E-state index contributed by atoms with van der Waals surface area (Å²) < 4.78 is 6.31. The Bertz CT molecular complexity index is 2670. The summed E-state index contributed by atoms with van der Waals surface area (Å²) in [6.45, 7) is 9.41. The van der Waals surface area contributed by atoms with Crippen molar-refractivity contribution in [2.75, 3.05) is 4.90 Å². The van der Waals surface area contributed by atoms with E-state index >= 15 is 0 Å². The summed E-state index contributed by atoms with van der Waals surface area (Å²) in [5.74, 6) is 0. The molecule has 0 radical (unpaired) electrons. The first kappa shape index (κ1) is 29.1. The monoisotopic (exact) mass is 643 g/mol. The van der Waals surface area contributed by atoms with E-state index in [1.807, 2.05) is 12.1 Å². The van der Waals surface area contributed by atoms with Gasteiger partial charge >= 0.3 is 0 Å². The van der Waals surface area contributed by atoms with Gasteiger partial charge in [-0.05, 0) is 98.6 Å². The van der Waals surface area contributed by atoms with Crippen LogP contribution in [-0.4, -0.2) is 0 Å². The Labute approximate surface area is 293 Å². The van der Waals surface area contributed by atoms with Gasteiger partial charge in [-0.25, -0.2) is 0 Å². The molecule has 240 valence electrons. The van der Waals surface area contributed by atoms with Crippen LogP contribution in [0.4, 0.5) is 17.1 Å². The van der Waals surface area contributed by atoms with E-state index in [1.165, 1.54) is 50.2 Å². The number of anilines is 3. The van der Waals surface area contributed by atoms with Gasteiger partial charge in [-0.2, -0.15) is 0 Å². The van der Waals surface area contributed by atoms with Gasteiger partial charge < -0.3 is 9.32 Å². The fourth-order valence-electron chi connectivity index (χ4n) is 8.93. The molecule has 0 amide bonds. The quantitative estimate of drug-likeness (QED) is 0.190. The van der Waals surface area contributed by atoms with Crippen molar-refractivity contribution in [2.24, 2.45) is 0 Å². The molecule has 0 atom stereocenters. The molecule has 8 aromatic rings. The minimum atomic E-state index is -0.0989. The molecule has 1 aromatic heterocycles. The lowest BCUT2D eigenvalue weighted by Gasteiger charge is -2.30. The van der Waals surface area contributed by atoms with Crippen molar-refractivity contribution in [1.82, 2.24) is 0 Å². The maximum absolute atomic E-state index is 6.31. The summed E-state index contributed by atoms with van der Waals surface area (Å²) in [6.07, 6.45) is 0. The molecule has 7 aromatic carbocycles. The van der Waals surface area contributed by atoms with Crippen LogP contribution in [0.3, 0.4) is 0 Å². The molecular weight excluding hydrogens is 607 g/mol. The highest BCUT2D eigenvalue weighted by atomic mass is 16.3. The van der Waals surface area contributed by atoms with Crippen LogP contribution in [-0.2, 0) is 10.8 Å². The molecule has 0 bridgehead atoms. The van der Waals surface area contributed by atoms with Gasteiger partial charge in [0.15, 0.2) is 0 Å². The summed E-state index contributed by atoms with van der Waals surface area (Å²) in [4.78, 5) is 2.48. The van der Waals surface area contributed by atoms with Crippen LogP contribution in [0.2, 0.25) is 0 Å². The van der Waals surface area contributed by atoms with Crippen LogP contribution < -0.4 is 4.90 Å². The Hall–Kier alpha value is -5.86. The van der Waals surface area contributed by atoms with E-state index in [1.54, 1.807) is 0 Å². The van der Waals surface area contributed by atoms with Crippen molar-refractivity contribution < 1.29 is 4.42 Å². The van der Waals surface area contributed by atoms with Gasteiger partial charge in [0.1, 0.15) is 11.2 Å². The number of fused-ring (bicyclic) bond motifs is 9. The number of hydrogen-bond donors (Lipinski definition) is 0.